The molecule has 4 unspecified atom stereocenters. The highest BCUT2D eigenvalue weighted by Crippen LogP contribution is 2.48. The molecule has 20 heavy (non-hydrogen) atoms. The Hall–Kier alpha value is -1.17. The van der Waals surface area contributed by atoms with Crippen molar-refractivity contribution in [1.29, 1.82) is 0 Å². The molecule has 5 heteroatoms. The maximum atomic E-state index is 11.2. The first kappa shape index (κ1) is 15.2. The third kappa shape index (κ3) is 2.53. The topological polar surface area (TPSA) is 87.0 Å². The van der Waals surface area contributed by atoms with Gasteiger partial charge in [0.25, 0.3) is 0 Å². The maximum Gasteiger partial charge on any atom is 0.331 e. The molecule has 0 aromatic carbocycles. The van der Waals surface area contributed by atoms with Gasteiger partial charge >= 0.3 is 5.97 Å². The Morgan fingerprint density at radius 2 is 2.30 bits per heavy atom. The number of allylic oxidation sites excluding steroid dienone is 2. The van der Waals surface area contributed by atoms with Crippen LogP contribution in [-0.2, 0) is 9.68 Å². The normalized spacial score (nSPS) is 34.8. The fourth-order valence-electron chi connectivity index (χ4n) is 3.45. The van der Waals surface area contributed by atoms with Gasteiger partial charge in [-0.2, -0.15) is 0 Å². The summed E-state index contributed by atoms with van der Waals surface area (Å²) in [6.07, 6.45) is 5.42. The van der Waals surface area contributed by atoms with Crippen molar-refractivity contribution in [3.8, 4) is 0 Å². The average Bonchev–Trinajstić information content (AvgIpc) is 2.46. The van der Waals surface area contributed by atoms with Crippen LogP contribution < -0.4 is 0 Å². The molecule has 2 aliphatic rings. The number of aliphatic hydroxyl groups is 1. The number of fused-ring (bicyclic) bond motifs is 1. The van der Waals surface area contributed by atoms with Crippen molar-refractivity contribution in [2.45, 2.75) is 38.7 Å². The van der Waals surface area contributed by atoms with Crippen LogP contribution in [-0.4, -0.2) is 33.6 Å². The molecule has 2 aliphatic carbocycles. The molecule has 0 aliphatic heterocycles. The molecule has 1 saturated carbocycles. The van der Waals surface area contributed by atoms with Gasteiger partial charge in [0.2, 0.25) is 0 Å². The predicted octanol–water partition coefficient (Wildman–Crippen LogP) is 2.23. The monoisotopic (exact) mass is 282 g/mol. The van der Waals surface area contributed by atoms with Crippen molar-refractivity contribution in [3.63, 3.8) is 0 Å². The number of aliphatic hydroxyl groups excluding tert-OH is 1. The third-order valence-corrected chi connectivity index (χ3v) is 4.80. The summed E-state index contributed by atoms with van der Waals surface area (Å²) < 4.78 is 0. The largest absolute Gasteiger partial charge is 0.478 e. The maximum absolute atomic E-state index is 11.2. The number of rotatable bonds is 4. The molecule has 0 spiro atoms. The summed E-state index contributed by atoms with van der Waals surface area (Å²) in [5.74, 6) is -0.754. The Kier molecular flexibility index (Phi) is 4.32. The van der Waals surface area contributed by atoms with E-state index < -0.39 is 11.6 Å². The first-order chi connectivity index (χ1) is 9.42. The fraction of sp³-hybridized carbons (Fsp3) is 0.667. The van der Waals surface area contributed by atoms with Crippen molar-refractivity contribution in [2.24, 2.45) is 17.8 Å². The lowest BCUT2D eigenvalue weighted by Gasteiger charge is -2.45. The van der Waals surface area contributed by atoms with E-state index in [0.717, 1.165) is 12.0 Å². The third-order valence-electron chi connectivity index (χ3n) is 4.80. The summed E-state index contributed by atoms with van der Waals surface area (Å²) in [4.78, 5) is 15.9. The Morgan fingerprint density at radius 3 is 2.85 bits per heavy atom. The van der Waals surface area contributed by atoms with Gasteiger partial charge in [-0.15, -0.1) is 0 Å². The Balaban J connectivity index is 2.37. The highest BCUT2D eigenvalue weighted by molar-refractivity contribution is 5.87. The van der Waals surface area contributed by atoms with E-state index in [1.54, 1.807) is 6.08 Å². The molecule has 0 bridgehead atoms. The van der Waals surface area contributed by atoms with Gasteiger partial charge < -0.3 is 10.2 Å². The molecule has 112 valence electrons. The average molecular weight is 282 g/mol. The van der Waals surface area contributed by atoms with Crippen LogP contribution in [0.25, 0.3) is 0 Å². The van der Waals surface area contributed by atoms with E-state index in [4.69, 9.17) is 4.89 Å². The molecule has 2 rings (SSSR count). The Labute approximate surface area is 118 Å². The van der Waals surface area contributed by atoms with Crippen LogP contribution in [0.5, 0.6) is 0 Å². The zero-order valence-corrected chi connectivity index (χ0v) is 11.9. The molecule has 0 aromatic rings. The zero-order valence-electron chi connectivity index (χ0n) is 11.9. The minimum atomic E-state index is -0.909. The molecule has 0 saturated heterocycles. The number of carboxylic acids is 1. The van der Waals surface area contributed by atoms with E-state index >= 15 is 0 Å². The summed E-state index contributed by atoms with van der Waals surface area (Å²) in [6, 6.07) is 0. The molecule has 0 heterocycles. The summed E-state index contributed by atoms with van der Waals surface area (Å²) in [5, 5.41) is 27.8. The van der Waals surface area contributed by atoms with Crippen LogP contribution in [0.3, 0.4) is 0 Å². The lowest BCUT2D eigenvalue weighted by atomic mass is 9.63. The highest BCUT2D eigenvalue weighted by atomic mass is 17.1. The van der Waals surface area contributed by atoms with E-state index in [9.17, 15) is 20.3 Å². The smallest absolute Gasteiger partial charge is 0.331 e. The molecule has 5 nitrogen and oxygen atoms in total. The highest BCUT2D eigenvalue weighted by Gasteiger charge is 2.45. The van der Waals surface area contributed by atoms with Crippen LogP contribution in [0, 0.1) is 17.8 Å². The van der Waals surface area contributed by atoms with Gasteiger partial charge in [0.05, 0.1) is 0 Å². The van der Waals surface area contributed by atoms with Gasteiger partial charge in [-0.1, -0.05) is 19.1 Å². The molecular formula is C15H22O5. The van der Waals surface area contributed by atoms with E-state index in [1.807, 2.05) is 19.9 Å². The van der Waals surface area contributed by atoms with Crippen LogP contribution in [0.4, 0.5) is 0 Å². The minimum absolute atomic E-state index is 0.0708. The standard InChI is InChI=1S/C15H22O5/c1-9(8-16)11-5-6-15(2,20-19)13-4-3-10(14(17)18)7-12(11)13/h4,7,9,11-12,16,19H,3,5-6,8H2,1-2H3,(H,17,18). The first-order valence-corrected chi connectivity index (χ1v) is 7.01. The van der Waals surface area contributed by atoms with Gasteiger partial charge in [-0.25, -0.2) is 9.68 Å². The molecule has 1 fully saturated rings. The van der Waals surface area contributed by atoms with E-state index in [-0.39, 0.29) is 24.4 Å². The molecule has 3 N–H and O–H groups in total. The number of hydrogen-bond acceptors (Lipinski definition) is 4. The van der Waals surface area contributed by atoms with Gasteiger partial charge in [-0.3, -0.25) is 5.26 Å². The van der Waals surface area contributed by atoms with E-state index in [1.165, 1.54) is 0 Å². The van der Waals surface area contributed by atoms with Crippen molar-refractivity contribution in [2.75, 3.05) is 6.61 Å². The quantitative estimate of drug-likeness (QED) is 0.418. The second kappa shape index (κ2) is 5.68. The van der Waals surface area contributed by atoms with Crippen LogP contribution >= 0.6 is 0 Å². The van der Waals surface area contributed by atoms with Gasteiger partial charge in [0.1, 0.15) is 5.60 Å². The molecular weight excluding hydrogens is 260 g/mol. The summed E-state index contributed by atoms with van der Waals surface area (Å²) >= 11 is 0. The number of aliphatic carboxylic acids is 1. The Bertz CT molecular complexity index is 453. The zero-order chi connectivity index (χ0) is 14.9. The summed E-state index contributed by atoms with van der Waals surface area (Å²) in [5.41, 5.74) is 0.550. The van der Waals surface area contributed by atoms with E-state index in [0.29, 0.717) is 18.4 Å². The SMILES string of the molecule is CC(CO)C1CCC(C)(OO)C2=CCC(C(=O)O)=CC21. The molecule has 0 radical (unpaired) electrons. The summed E-state index contributed by atoms with van der Waals surface area (Å²) in [7, 11) is 0. The van der Waals surface area contributed by atoms with Crippen LogP contribution in [0.2, 0.25) is 0 Å². The van der Waals surface area contributed by atoms with Crippen molar-refractivity contribution in [3.05, 3.63) is 23.3 Å². The van der Waals surface area contributed by atoms with Crippen molar-refractivity contribution < 1.29 is 25.2 Å². The number of hydrogen-bond donors (Lipinski definition) is 3. The Morgan fingerprint density at radius 1 is 1.60 bits per heavy atom. The van der Waals surface area contributed by atoms with Gasteiger partial charge in [0, 0.05) is 18.1 Å². The second-order valence-corrected chi connectivity index (χ2v) is 6.07. The first-order valence-electron chi connectivity index (χ1n) is 7.01. The molecule has 0 aromatic heterocycles. The molecule has 4 atom stereocenters. The fourth-order valence-corrected chi connectivity index (χ4v) is 3.45. The second-order valence-electron chi connectivity index (χ2n) is 6.07. The predicted molar refractivity (Wildman–Crippen MR) is 73.0 cm³/mol. The lowest BCUT2D eigenvalue weighted by Crippen LogP contribution is -2.44. The van der Waals surface area contributed by atoms with Crippen molar-refractivity contribution in [1.82, 2.24) is 0 Å². The van der Waals surface area contributed by atoms with Gasteiger partial charge in [0.15, 0.2) is 0 Å². The minimum Gasteiger partial charge on any atom is -0.478 e. The van der Waals surface area contributed by atoms with Crippen LogP contribution in [0.15, 0.2) is 23.3 Å². The van der Waals surface area contributed by atoms with Gasteiger partial charge in [-0.05, 0) is 43.6 Å². The lowest BCUT2D eigenvalue weighted by molar-refractivity contribution is -0.313. The number of carboxylic acid groups (broad SMARTS) is 1. The van der Waals surface area contributed by atoms with Crippen molar-refractivity contribution >= 4 is 5.97 Å². The number of carbonyl (C=O) groups is 1. The molecule has 0 amide bonds. The van der Waals surface area contributed by atoms with Crippen LogP contribution in [0.1, 0.15) is 33.1 Å². The van der Waals surface area contributed by atoms with E-state index in [2.05, 4.69) is 0 Å². The summed E-state index contributed by atoms with van der Waals surface area (Å²) in [6.45, 7) is 3.86.